The lowest BCUT2D eigenvalue weighted by atomic mass is 10.1. The highest BCUT2D eigenvalue weighted by molar-refractivity contribution is 7.89. The van der Waals surface area contributed by atoms with E-state index < -0.39 is 10.0 Å². The van der Waals surface area contributed by atoms with Crippen molar-refractivity contribution in [1.29, 1.82) is 0 Å². The van der Waals surface area contributed by atoms with Crippen LogP contribution in [0.2, 0.25) is 0 Å². The second kappa shape index (κ2) is 10.6. The van der Waals surface area contributed by atoms with Crippen molar-refractivity contribution < 1.29 is 22.7 Å². The Labute approximate surface area is 195 Å². The van der Waals surface area contributed by atoms with Crippen LogP contribution in [0.1, 0.15) is 15.9 Å². The number of benzene rings is 2. The first kappa shape index (κ1) is 23.7. The number of morpholine rings is 1. The summed E-state index contributed by atoms with van der Waals surface area (Å²) in [4.78, 5) is 17.5. The van der Waals surface area contributed by atoms with Crippen molar-refractivity contribution in [3.63, 3.8) is 0 Å². The van der Waals surface area contributed by atoms with Gasteiger partial charge in [0.25, 0.3) is 5.91 Å². The Morgan fingerprint density at radius 3 is 2.27 bits per heavy atom. The normalized spacial score (nSPS) is 18.3. The summed E-state index contributed by atoms with van der Waals surface area (Å²) in [6, 6.07) is 14.6. The van der Waals surface area contributed by atoms with Crippen molar-refractivity contribution in [2.45, 2.75) is 11.3 Å². The van der Waals surface area contributed by atoms with Gasteiger partial charge in [-0.2, -0.15) is 4.31 Å². The van der Waals surface area contributed by atoms with Crippen molar-refractivity contribution in [3.8, 4) is 5.75 Å². The monoisotopic (exact) mass is 473 g/mol. The molecule has 0 aliphatic carbocycles. The number of nitrogens with zero attached hydrogens (tertiary/aromatic N) is 3. The van der Waals surface area contributed by atoms with E-state index >= 15 is 0 Å². The van der Waals surface area contributed by atoms with Gasteiger partial charge in [-0.25, -0.2) is 8.42 Å². The van der Waals surface area contributed by atoms with Gasteiger partial charge in [0.1, 0.15) is 5.75 Å². The van der Waals surface area contributed by atoms with Gasteiger partial charge in [0.2, 0.25) is 10.0 Å². The molecule has 2 saturated heterocycles. The number of carbonyl (C=O) groups excluding carboxylic acids is 1. The van der Waals surface area contributed by atoms with Crippen LogP contribution in [0.4, 0.5) is 0 Å². The van der Waals surface area contributed by atoms with Gasteiger partial charge in [-0.3, -0.25) is 9.69 Å². The molecule has 33 heavy (non-hydrogen) atoms. The molecule has 0 saturated carbocycles. The van der Waals surface area contributed by atoms with E-state index in [1.807, 2.05) is 12.1 Å². The van der Waals surface area contributed by atoms with Gasteiger partial charge in [-0.05, 0) is 36.2 Å². The van der Waals surface area contributed by atoms with Crippen LogP contribution in [0.5, 0.6) is 5.75 Å². The maximum absolute atomic E-state index is 13.3. The molecule has 2 fully saturated rings. The van der Waals surface area contributed by atoms with E-state index in [-0.39, 0.29) is 16.4 Å². The Balaban J connectivity index is 1.37. The first-order valence-corrected chi connectivity index (χ1v) is 12.7. The van der Waals surface area contributed by atoms with Crippen LogP contribution in [0.15, 0.2) is 53.4 Å². The minimum absolute atomic E-state index is 0.0823. The summed E-state index contributed by atoms with van der Waals surface area (Å²) in [5, 5.41) is 0. The molecule has 2 heterocycles. The van der Waals surface area contributed by atoms with Gasteiger partial charge >= 0.3 is 0 Å². The molecule has 0 bridgehead atoms. The average molecular weight is 474 g/mol. The highest BCUT2D eigenvalue weighted by Crippen LogP contribution is 2.23. The number of amides is 1. The summed E-state index contributed by atoms with van der Waals surface area (Å²) in [6.45, 7) is 4.94. The zero-order chi connectivity index (χ0) is 23.3. The van der Waals surface area contributed by atoms with E-state index in [1.54, 1.807) is 30.2 Å². The summed E-state index contributed by atoms with van der Waals surface area (Å²) >= 11 is 0. The van der Waals surface area contributed by atoms with Gasteiger partial charge in [0.05, 0.1) is 30.8 Å². The number of ether oxygens (including phenoxy) is 2. The Hall–Kier alpha value is -2.46. The van der Waals surface area contributed by atoms with E-state index in [9.17, 15) is 13.2 Å². The first-order chi connectivity index (χ1) is 16.0. The molecule has 0 unspecified atom stereocenters. The lowest BCUT2D eigenvalue weighted by molar-refractivity contribution is 0.0633. The summed E-state index contributed by atoms with van der Waals surface area (Å²) < 4.78 is 38.3. The second-order valence-electron chi connectivity index (χ2n) is 8.24. The molecule has 1 amide bonds. The molecule has 0 spiro atoms. The molecule has 0 radical (unpaired) electrons. The Morgan fingerprint density at radius 2 is 1.61 bits per heavy atom. The standard InChI is InChI=1S/C24H31N3O5S/c1-31-21-8-6-20(7-9-21)10-11-25-12-14-26(15-13-25)24(28)22-4-2-3-5-23(22)33(29,30)27-16-18-32-19-17-27/h2-9H,10-19H2,1H3. The molecular formula is C24H31N3O5S. The Morgan fingerprint density at radius 1 is 0.939 bits per heavy atom. The highest BCUT2D eigenvalue weighted by atomic mass is 32.2. The number of carbonyl (C=O) groups is 1. The van der Waals surface area contributed by atoms with Crippen molar-refractivity contribution in [2.75, 3.05) is 66.1 Å². The first-order valence-electron chi connectivity index (χ1n) is 11.3. The molecule has 0 N–H and O–H groups in total. The number of methoxy groups -OCH3 is 1. The minimum atomic E-state index is -3.74. The molecule has 2 aromatic carbocycles. The molecule has 2 aromatic rings. The predicted octanol–water partition coefficient (Wildman–Crippen LogP) is 1.72. The largest absolute Gasteiger partial charge is 0.497 e. The fraction of sp³-hybridized carbons (Fsp3) is 0.458. The summed E-state index contributed by atoms with van der Waals surface area (Å²) in [5.74, 6) is 0.624. The van der Waals surface area contributed by atoms with Crippen LogP contribution < -0.4 is 4.74 Å². The number of hydrogen-bond acceptors (Lipinski definition) is 6. The quantitative estimate of drug-likeness (QED) is 0.609. The van der Waals surface area contributed by atoms with Crippen molar-refractivity contribution >= 4 is 15.9 Å². The summed E-state index contributed by atoms with van der Waals surface area (Å²) in [7, 11) is -2.09. The third kappa shape index (κ3) is 5.55. The maximum Gasteiger partial charge on any atom is 0.255 e. The molecule has 4 rings (SSSR count). The maximum atomic E-state index is 13.3. The van der Waals surface area contributed by atoms with Crippen LogP contribution in [0, 0.1) is 0 Å². The fourth-order valence-corrected chi connectivity index (χ4v) is 5.81. The SMILES string of the molecule is COc1ccc(CCN2CCN(C(=O)c3ccccc3S(=O)(=O)N3CCOCC3)CC2)cc1. The molecule has 178 valence electrons. The van der Waals surface area contributed by atoms with Crippen molar-refractivity contribution in [2.24, 2.45) is 0 Å². The van der Waals surface area contributed by atoms with Gasteiger partial charge < -0.3 is 14.4 Å². The number of hydrogen-bond donors (Lipinski definition) is 0. The van der Waals surface area contributed by atoms with Crippen LogP contribution in [0.25, 0.3) is 0 Å². The molecule has 2 aliphatic heterocycles. The third-order valence-electron chi connectivity index (χ3n) is 6.24. The lowest BCUT2D eigenvalue weighted by Gasteiger charge is -2.35. The van der Waals surface area contributed by atoms with Crippen molar-refractivity contribution in [3.05, 3.63) is 59.7 Å². The molecule has 0 atom stereocenters. The molecule has 0 aromatic heterocycles. The number of piperazine rings is 1. The van der Waals surface area contributed by atoms with E-state index in [1.165, 1.54) is 15.9 Å². The van der Waals surface area contributed by atoms with Crippen LogP contribution in [-0.2, 0) is 21.2 Å². The van der Waals surface area contributed by atoms with E-state index in [4.69, 9.17) is 9.47 Å². The van der Waals surface area contributed by atoms with Crippen LogP contribution in [0.3, 0.4) is 0 Å². The number of rotatable bonds is 7. The Bertz CT molecular complexity index is 1040. The Kier molecular flexibility index (Phi) is 7.64. The van der Waals surface area contributed by atoms with Crippen LogP contribution in [-0.4, -0.2) is 94.6 Å². The lowest BCUT2D eigenvalue weighted by Crippen LogP contribution is -2.49. The van der Waals surface area contributed by atoms with Gasteiger partial charge in [-0.1, -0.05) is 24.3 Å². The van der Waals surface area contributed by atoms with E-state index in [0.29, 0.717) is 39.4 Å². The molecule has 9 heteroatoms. The van der Waals surface area contributed by atoms with E-state index in [0.717, 1.165) is 31.8 Å². The third-order valence-corrected chi connectivity index (χ3v) is 8.20. The second-order valence-corrected chi connectivity index (χ2v) is 10.2. The molecule has 2 aliphatic rings. The fourth-order valence-electron chi connectivity index (χ4n) is 4.22. The highest BCUT2D eigenvalue weighted by Gasteiger charge is 2.32. The summed E-state index contributed by atoms with van der Waals surface area (Å²) in [5.41, 5.74) is 1.49. The van der Waals surface area contributed by atoms with Crippen LogP contribution >= 0.6 is 0 Å². The average Bonchev–Trinajstić information content (AvgIpc) is 2.88. The van der Waals surface area contributed by atoms with E-state index in [2.05, 4.69) is 17.0 Å². The molecule has 8 nitrogen and oxygen atoms in total. The summed E-state index contributed by atoms with van der Waals surface area (Å²) in [6.07, 6.45) is 0.929. The zero-order valence-corrected chi connectivity index (χ0v) is 19.8. The van der Waals surface area contributed by atoms with Gasteiger partial charge in [-0.15, -0.1) is 0 Å². The smallest absolute Gasteiger partial charge is 0.255 e. The predicted molar refractivity (Wildman–Crippen MR) is 125 cm³/mol. The van der Waals surface area contributed by atoms with Crippen molar-refractivity contribution in [1.82, 2.24) is 14.1 Å². The number of sulfonamides is 1. The minimum Gasteiger partial charge on any atom is -0.497 e. The molecular weight excluding hydrogens is 442 g/mol. The topological polar surface area (TPSA) is 79.4 Å². The van der Waals surface area contributed by atoms with Gasteiger partial charge in [0, 0.05) is 45.8 Å². The zero-order valence-electron chi connectivity index (χ0n) is 19.0. The van der Waals surface area contributed by atoms with Gasteiger partial charge in [0.15, 0.2) is 0 Å².